The van der Waals surface area contributed by atoms with Gasteiger partial charge in [0.2, 0.25) is 0 Å². The number of benzene rings is 3. The Balaban J connectivity index is 1.55. The van der Waals surface area contributed by atoms with Crippen molar-refractivity contribution in [2.45, 2.75) is 26.4 Å². The number of imide groups is 1. The number of carbonyl (C=O) groups is 2. The van der Waals surface area contributed by atoms with Crippen LogP contribution in [0.4, 0.5) is 9.18 Å². The first-order valence-corrected chi connectivity index (χ1v) is 12.5. The molecular formula is C28H22ClFN2O2S. The van der Waals surface area contributed by atoms with Gasteiger partial charge in [0.25, 0.3) is 11.1 Å². The first-order chi connectivity index (χ1) is 17.0. The van der Waals surface area contributed by atoms with Gasteiger partial charge in [-0.25, -0.2) is 4.39 Å². The minimum Gasteiger partial charge on any atom is -0.342 e. The number of fused-ring (bicyclic) bond motifs is 1. The highest BCUT2D eigenvalue weighted by molar-refractivity contribution is 8.18. The number of hydrogen-bond donors (Lipinski definition) is 0. The first kappa shape index (κ1) is 23.4. The standard InChI is InChI=1S/C28H22ClFN2O2S/c1-2-19-10-6-11-21-20(16-31(26(19)21)17-22-23(29)12-7-13-24(22)30)14-25-27(33)32(28(34)35-25)15-18-8-4-3-5-9-18/h3-14,16H,2,15,17H2,1H3/b25-14-. The Morgan fingerprint density at radius 3 is 2.49 bits per heavy atom. The van der Waals surface area contributed by atoms with Gasteiger partial charge in [-0.05, 0) is 47.5 Å². The van der Waals surface area contributed by atoms with Crippen LogP contribution in [0.25, 0.3) is 17.0 Å². The van der Waals surface area contributed by atoms with Crippen molar-refractivity contribution in [2.75, 3.05) is 0 Å². The van der Waals surface area contributed by atoms with E-state index in [0.717, 1.165) is 45.8 Å². The topological polar surface area (TPSA) is 42.3 Å². The molecule has 2 amide bonds. The van der Waals surface area contributed by atoms with Gasteiger partial charge in [-0.3, -0.25) is 14.5 Å². The summed E-state index contributed by atoms with van der Waals surface area (Å²) in [5, 5.41) is 1.01. The Labute approximate surface area is 212 Å². The Morgan fingerprint density at radius 2 is 1.74 bits per heavy atom. The molecule has 7 heteroatoms. The molecule has 0 saturated carbocycles. The molecule has 0 aliphatic carbocycles. The molecule has 0 unspecified atom stereocenters. The van der Waals surface area contributed by atoms with E-state index < -0.39 is 0 Å². The molecule has 4 nitrogen and oxygen atoms in total. The molecule has 0 atom stereocenters. The molecule has 1 saturated heterocycles. The van der Waals surface area contributed by atoms with Gasteiger partial charge in [-0.1, -0.05) is 73.1 Å². The van der Waals surface area contributed by atoms with Gasteiger partial charge in [0.1, 0.15) is 5.82 Å². The van der Waals surface area contributed by atoms with Crippen molar-refractivity contribution in [3.63, 3.8) is 0 Å². The number of thioether (sulfide) groups is 1. The van der Waals surface area contributed by atoms with Crippen LogP contribution in [0.5, 0.6) is 0 Å². The average Bonchev–Trinajstić information content (AvgIpc) is 3.34. The van der Waals surface area contributed by atoms with E-state index in [-0.39, 0.29) is 30.1 Å². The van der Waals surface area contributed by atoms with Crippen LogP contribution in [-0.2, 0) is 24.3 Å². The highest BCUT2D eigenvalue weighted by Gasteiger charge is 2.35. The van der Waals surface area contributed by atoms with E-state index in [9.17, 15) is 14.0 Å². The van der Waals surface area contributed by atoms with E-state index in [1.165, 1.54) is 11.0 Å². The second-order valence-electron chi connectivity index (χ2n) is 8.33. The lowest BCUT2D eigenvalue weighted by Gasteiger charge is -2.12. The lowest BCUT2D eigenvalue weighted by Crippen LogP contribution is -2.27. The highest BCUT2D eigenvalue weighted by atomic mass is 35.5. The molecule has 1 fully saturated rings. The van der Waals surface area contributed by atoms with Crippen molar-refractivity contribution in [1.82, 2.24) is 9.47 Å². The first-order valence-electron chi connectivity index (χ1n) is 11.3. The van der Waals surface area contributed by atoms with Crippen molar-refractivity contribution < 1.29 is 14.0 Å². The Morgan fingerprint density at radius 1 is 0.971 bits per heavy atom. The maximum atomic E-state index is 14.6. The van der Waals surface area contributed by atoms with Crippen molar-refractivity contribution >= 4 is 51.5 Å². The number of amides is 2. The zero-order valence-electron chi connectivity index (χ0n) is 19.0. The van der Waals surface area contributed by atoms with Crippen molar-refractivity contribution in [2.24, 2.45) is 0 Å². The third kappa shape index (κ3) is 4.51. The molecule has 2 heterocycles. The van der Waals surface area contributed by atoms with E-state index in [1.807, 2.05) is 59.3 Å². The van der Waals surface area contributed by atoms with Gasteiger partial charge in [0.15, 0.2) is 0 Å². The number of aromatic nitrogens is 1. The molecule has 3 aromatic carbocycles. The summed E-state index contributed by atoms with van der Waals surface area (Å²) in [5.41, 5.74) is 4.16. The zero-order chi connectivity index (χ0) is 24.5. The zero-order valence-corrected chi connectivity index (χ0v) is 20.6. The fraction of sp³-hybridized carbons (Fsp3) is 0.143. The lowest BCUT2D eigenvalue weighted by atomic mass is 10.1. The number of hydrogen-bond acceptors (Lipinski definition) is 3. The highest BCUT2D eigenvalue weighted by Crippen LogP contribution is 2.36. The van der Waals surface area contributed by atoms with Gasteiger partial charge in [0, 0.05) is 27.7 Å². The number of carbonyl (C=O) groups excluding carboxylic acids is 2. The van der Waals surface area contributed by atoms with E-state index in [0.29, 0.717) is 15.5 Å². The predicted octanol–water partition coefficient (Wildman–Crippen LogP) is 7.28. The van der Waals surface area contributed by atoms with Crippen molar-refractivity contribution in [3.05, 3.63) is 111 Å². The fourth-order valence-electron chi connectivity index (χ4n) is 4.39. The monoisotopic (exact) mass is 504 g/mol. The number of halogens is 2. The van der Waals surface area contributed by atoms with Crippen molar-refractivity contribution in [3.8, 4) is 0 Å². The summed E-state index contributed by atoms with van der Waals surface area (Å²) in [6.45, 7) is 2.55. The minimum atomic E-state index is -0.364. The van der Waals surface area contributed by atoms with E-state index >= 15 is 0 Å². The molecule has 0 N–H and O–H groups in total. The van der Waals surface area contributed by atoms with Gasteiger partial charge < -0.3 is 4.57 Å². The van der Waals surface area contributed by atoms with Gasteiger partial charge in [-0.15, -0.1) is 0 Å². The molecule has 35 heavy (non-hydrogen) atoms. The Bertz CT molecular complexity index is 1460. The molecule has 5 rings (SSSR count). The van der Waals surface area contributed by atoms with E-state index in [2.05, 4.69) is 6.92 Å². The van der Waals surface area contributed by atoms with Crippen LogP contribution >= 0.6 is 23.4 Å². The quantitative estimate of drug-likeness (QED) is 0.259. The Hall–Kier alpha value is -3.35. The molecule has 4 aromatic rings. The maximum Gasteiger partial charge on any atom is 0.293 e. The summed E-state index contributed by atoms with van der Waals surface area (Å²) in [6, 6.07) is 20.1. The smallest absolute Gasteiger partial charge is 0.293 e. The third-order valence-corrected chi connectivity index (χ3v) is 7.39. The SMILES string of the molecule is CCc1cccc2c(/C=C3\SC(=O)N(Cc4ccccc4)C3=O)cn(Cc3c(F)cccc3Cl)c12. The fourth-order valence-corrected chi connectivity index (χ4v) is 5.44. The van der Waals surface area contributed by atoms with Crippen LogP contribution in [0.3, 0.4) is 0 Å². The summed E-state index contributed by atoms with van der Waals surface area (Å²) in [6.07, 6.45) is 4.45. The van der Waals surface area contributed by atoms with Gasteiger partial charge in [0.05, 0.1) is 23.5 Å². The summed E-state index contributed by atoms with van der Waals surface area (Å²) in [4.78, 5) is 27.4. The molecule has 0 bridgehead atoms. The van der Waals surface area contributed by atoms with Gasteiger partial charge in [-0.2, -0.15) is 0 Å². The largest absolute Gasteiger partial charge is 0.342 e. The van der Waals surface area contributed by atoms with Gasteiger partial charge >= 0.3 is 0 Å². The number of aryl methyl sites for hydroxylation is 1. The molecular weight excluding hydrogens is 483 g/mol. The summed E-state index contributed by atoms with van der Waals surface area (Å²) >= 11 is 7.25. The summed E-state index contributed by atoms with van der Waals surface area (Å²) in [5.74, 6) is -0.676. The molecule has 1 aliphatic heterocycles. The maximum absolute atomic E-state index is 14.6. The number of nitrogens with zero attached hydrogens (tertiary/aromatic N) is 2. The summed E-state index contributed by atoms with van der Waals surface area (Å²) in [7, 11) is 0. The van der Waals surface area contributed by atoms with E-state index in [4.69, 9.17) is 11.6 Å². The number of para-hydroxylation sites is 1. The molecule has 176 valence electrons. The molecule has 1 aliphatic rings. The van der Waals surface area contributed by atoms with Crippen LogP contribution < -0.4 is 0 Å². The minimum absolute atomic E-state index is 0.233. The predicted molar refractivity (Wildman–Crippen MR) is 140 cm³/mol. The van der Waals surface area contributed by atoms with Crippen molar-refractivity contribution in [1.29, 1.82) is 0 Å². The van der Waals surface area contributed by atoms with Crippen LogP contribution in [-0.4, -0.2) is 20.6 Å². The molecule has 1 aromatic heterocycles. The second kappa shape index (κ2) is 9.72. The molecule has 0 radical (unpaired) electrons. The lowest BCUT2D eigenvalue weighted by molar-refractivity contribution is -0.123. The third-order valence-electron chi connectivity index (χ3n) is 6.13. The summed E-state index contributed by atoms with van der Waals surface area (Å²) < 4.78 is 16.5. The second-order valence-corrected chi connectivity index (χ2v) is 9.73. The Kier molecular flexibility index (Phi) is 6.50. The number of rotatable bonds is 6. The van der Waals surface area contributed by atoms with Crippen LogP contribution in [0.15, 0.2) is 77.8 Å². The average molecular weight is 505 g/mol. The van der Waals surface area contributed by atoms with E-state index in [1.54, 1.807) is 18.2 Å². The van der Waals surface area contributed by atoms with Crippen LogP contribution in [0.1, 0.15) is 29.2 Å². The van der Waals surface area contributed by atoms with Crippen LogP contribution in [0.2, 0.25) is 5.02 Å². The molecule has 0 spiro atoms. The normalized spacial score (nSPS) is 15.1. The van der Waals surface area contributed by atoms with Crippen LogP contribution in [0, 0.1) is 5.82 Å².